The summed E-state index contributed by atoms with van der Waals surface area (Å²) in [5, 5.41) is 11.1. The van der Waals surface area contributed by atoms with Gasteiger partial charge >= 0.3 is 0 Å². The molecule has 0 bridgehead atoms. The SMILES string of the molecule is CC(C)(C)CCC(O)c1cc2ccccc2o1. The zero-order valence-corrected chi connectivity index (χ0v) is 10.7. The van der Waals surface area contributed by atoms with Crippen LogP contribution in [0.15, 0.2) is 34.7 Å². The maximum atomic E-state index is 10.1. The monoisotopic (exact) mass is 232 g/mol. The molecule has 2 nitrogen and oxygen atoms in total. The van der Waals surface area contributed by atoms with Gasteiger partial charge in [0.15, 0.2) is 0 Å². The van der Waals surface area contributed by atoms with Gasteiger partial charge in [0.25, 0.3) is 0 Å². The van der Waals surface area contributed by atoms with Crippen LogP contribution in [0, 0.1) is 5.41 Å². The molecule has 2 rings (SSSR count). The molecule has 1 atom stereocenters. The number of furan rings is 1. The molecule has 0 aliphatic carbocycles. The van der Waals surface area contributed by atoms with Crippen molar-refractivity contribution in [3.8, 4) is 0 Å². The quantitative estimate of drug-likeness (QED) is 0.856. The maximum Gasteiger partial charge on any atom is 0.134 e. The van der Waals surface area contributed by atoms with Crippen LogP contribution in [-0.2, 0) is 0 Å². The standard InChI is InChI=1S/C15H20O2/c1-15(2,3)9-8-12(16)14-10-11-6-4-5-7-13(11)17-14/h4-7,10,12,16H,8-9H2,1-3H3. The minimum absolute atomic E-state index is 0.243. The summed E-state index contributed by atoms with van der Waals surface area (Å²) in [6.45, 7) is 6.54. The molecule has 17 heavy (non-hydrogen) atoms. The lowest BCUT2D eigenvalue weighted by Crippen LogP contribution is -2.07. The highest BCUT2D eigenvalue weighted by molar-refractivity contribution is 5.77. The lowest BCUT2D eigenvalue weighted by Gasteiger charge is -2.19. The van der Waals surface area contributed by atoms with E-state index in [2.05, 4.69) is 20.8 Å². The topological polar surface area (TPSA) is 33.4 Å². The summed E-state index contributed by atoms with van der Waals surface area (Å²) in [4.78, 5) is 0. The number of fused-ring (bicyclic) bond motifs is 1. The van der Waals surface area contributed by atoms with E-state index in [1.807, 2.05) is 30.3 Å². The van der Waals surface area contributed by atoms with Crippen molar-refractivity contribution in [2.75, 3.05) is 0 Å². The molecular weight excluding hydrogens is 212 g/mol. The van der Waals surface area contributed by atoms with Crippen molar-refractivity contribution in [1.29, 1.82) is 0 Å². The molecule has 0 spiro atoms. The van der Waals surface area contributed by atoms with Crippen molar-refractivity contribution in [2.24, 2.45) is 5.41 Å². The minimum Gasteiger partial charge on any atom is -0.458 e. The van der Waals surface area contributed by atoms with E-state index in [-0.39, 0.29) is 5.41 Å². The molecule has 1 N–H and O–H groups in total. The van der Waals surface area contributed by atoms with Gasteiger partial charge in [-0.15, -0.1) is 0 Å². The zero-order valence-electron chi connectivity index (χ0n) is 10.7. The minimum atomic E-state index is -0.498. The highest BCUT2D eigenvalue weighted by atomic mass is 16.4. The number of aliphatic hydroxyl groups excluding tert-OH is 1. The number of benzene rings is 1. The average Bonchev–Trinajstić information content (AvgIpc) is 2.68. The predicted octanol–water partition coefficient (Wildman–Crippen LogP) is 4.29. The molecule has 0 amide bonds. The molecular formula is C15H20O2. The van der Waals surface area contributed by atoms with Crippen LogP contribution in [0.1, 0.15) is 45.5 Å². The normalized spacial score (nSPS) is 14.1. The summed E-state index contributed by atoms with van der Waals surface area (Å²) in [6.07, 6.45) is 1.22. The third kappa shape index (κ3) is 3.10. The van der Waals surface area contributed by atoms with Gasteiger partial charge < -0.3 is 9.52 Å². The van der Waals surface area contributed by atoms with Crippen LogP contribution in [0.2, 0.25) is 0 Å². The van der Waals surface area contributed by atoms with Crippen LogP contribution in [0.25, 0.3) is 11.0 Å². The number of hydrogen-bond acceptors (Lipinski definition) is 2. The van der Waals surface area contributed by atoms with Gasteiger partial charge in [-0.05, 0) is 30.4 Å². The van der Waals surface area contributed by atoms with E-state index in [1.54, 1.807) is 0 Å². The van der Waals surface area contributed by atoms with Crippen LogP contribution in [-0.4, -0.2) is 5.11 Å². The molecule has 0 aliphatic heterocycles. The molecule has 1 aromatic carbocycles. The summed E-state index contributed by atoms with van der Waals surface area (Å²) >= 11 is 0. The molecule has 0 saturated carbocycles. The second-order valence-corrected chi connectivity index (χ2v) is 5.80. The van der Waals surface area contributed by atoms with Crippen molar-refractivity contribution in [2.45, 2.75) is 39.7 Å². The van der Waals surface area contributed by atoms with Gasteiger partial charge in [0.1, 0.15) is 17.4 Å². The molecule has 2 heteroatoms. The van der Waals surface area contributed by atoms with E-state index in [9.17, 15) is 5.11 Å². The van der Waals surface area contributed by atoms with Crippen LogP contribution in [0.4, 0.5) is 0 Å². The Morgan fingerprint density at radius 3 is 2.59 bits per heavy atom. The van der Waals surface area contributed by atoms with Gasteiger partial charge in [0, 0.05) is 5.39 Å². The van der Waals surface area contributed by atoms with E-state index in [0.29, 0.717) is 5.76 Å². The second-order valence-electron chi connectivity index (χ2n) is 5.80. The highest BCUT2D eigenvalue weighted by Gasteiger charge is 2.17. The van der Waals surface area contributed by atoms with Gasteiger partial charge in [-0.3, -0.25) is 0 Å². The fourth-order valence-corrected chi connectivity index (χ4v) is 1.88. The lowest BCUT2D eigenvalue weighted by atomic mass is 9.89. The van der Waals surface area contributed by atoms with Gasteiger partial charge in [-0.25, -0.2) is 0 Å². The van der Waals surface area contributed by atoms with Crippen molar-refractivity contribution in [3.05, 3.63) is 36.1 Å². The summed E-state index contributed by atoms with van der Waals surface area (Å²) < 4.78 is 5.65. The molecule has 0 fully saturated rings. The van der Waals surface area contributed by atoms with E-state index in [0.717, 1.165) is 23.8 Å². The first kappa shape index (κ1) is 12.2. The van der Waals surface area contributed by atoms with Gasteiger partial charge in [0.05, 0.1) is 0 Å². The fraction of sp³-hybridized carbons (Fsp3) is 0.467. The van der Waals surface area contributed by atoms with E-state index >= 15 is 0 Å². The Labute approximate surface area is 102 Å². The van der Waals surface area contributed by atoms with Gasteiger partial charge in [-0.1, -0.05) is 39.0 Å². The first-order valence-corrected chi connectivity index (χ1v) is 6.12. The van der Waals surface area contributed by atoms with Crippen molar-refractivity contribution >= 4 is 11.0 Å². The van der Waals surface area contributed by atoms with Crippen LogP contribution >= 0.6 is 0 Å². The van der Waals surface area contributed by atoms with E-state index < -0.39 is 6.10 Å². The smallest absolute Gasteiger partial charge is 0.134 e. The van der Waals surface area contributed by atoms with Crippen molar-refractivity contribution < 1.29 is 9.52 Å². The Kier molecular flexibility index (Phi) is 3.25. The fourth-order valence-electron chi connectivity index (χ4n) is 1.88. The summed E-state index contributed by atoms with van der Waals surface area (Å²) in [5.41, 5.74) is 1.09. The van der Waals surface area contributed by atoms with Crippen molar-refractivity contribution in [3.63, 3.8) is 0 Å². The number of para-hydroxylation sites is 1. The summed E-state index contributed by atoms with van der Waals surface area (Å²) in [7, 11) is 0. The van der Waals surface area contributed by atoms with Crippen LogP contribution in [0.5, 0.6) is 0 Å². The number of rotatable bonds is 3. The van der Waals surface area contributed by atoms with Crippen LogP contribution in [0.3, 0.4) is 0 Å². The highest BCUT2D eigenvalue weighted by Crippen LogP contribution is 2.30. The molecule has 92 valence electrons. The largest absolute Gasteiger partial charge is 0.458 e. The first-order valence-electron chi connectivity index (χ1n) is 6.12. The summed E-state index contributed by atoms with van der Waals surface area (Å²) in [5.74, 6) is 0.676. The average molecular weight is 232 g/mol. The van der Waals surface area contributed by atoms with E-state index in [4.69, 9.17) is 4.42 Å². The zero-order chi connectivity index (χ0) is 12.5. The Morgan fingerprint density at radius 2 is 1.94 bits per heavy atom. The summed E-state index contributed by atoms with van der Waals surface area (Å²) in [6, 6.07) is 9.77. The first-order chi connectivity index (χ1) is 7.96. The molecule has 2 aromatic rings. The number of hydrogen-bond donors (Lipinski definition) is 1. The Balaban J connectivity index is 2.11. The Hall–Kier alpha value is -1.28. The Morgan fingerprint density at radius 1 is 1.24 bits per heavy atom. The molecule has 1 aromatic heterocycles. The molecule has 0 saturated heterocycles. The number of aliphatic hydroxyl groups is 1. The van der Waals surface area contributed by atoms with Crippen LogP contribution < -0.4 is 0 Å². The van der Waals surface area contributed by atoms with Crippen molar-refractivity contribution in [1.82, 2.24) is 0 Å². The predicted molar refractivity (Wildman–Crippen MR) is 69.9 cm³/mol. The molecule has 1 unspecified atom stereocenters. The maximum absolute atomic E-state index is 10.1. The molecule has 0 radical (unpaired) electrons. The Bertz CT molecular complexity index is 458. The van der Waals surface area contributed by atoms with Gasteiger partial charge in [-0.2, -0.15) is 0 Å². The third-order valence-electron chi connectivity index (χ3n) is 2.94. The molecule has 0 aliphatic rings. The molecule has 1 heterocycles. The van der Waals surface area contributed by atoms with Gasteiger partial charge in [0.2, 0.25) is 0 Å². The second kappa shape index (κ2) is 4.53. The lowest BCUT2D eigenvalue weighted by molar-refractivity contribution is 0.126. The van der Waals surface area contributed by atoms with E-state index in [1.165, 1.54) is 0 Å². The third-order valence-corrected chi connectivity index (χ3v) is 2.94.